The van der Waals surface area contributed by atoms with Gasteiger partial charge in [-0.1, -0.05) is 56.3 Å². The SMILES string of the molecule is Cc1cccc(C(N)=O)c1CC(C)(C)Cc1ccccc1. The summed E-state index contributed by atoms with van der Waals surface area (Å²) >= 11 is 0. The third kappa shape index (κ3) is 3.94. The molecular weight excluding hydrogens is 258 g/mol. The van der Waals surface area contributed by atoms with Crippen molar-refractivity contribution in [3.05, 3.63) is 70.8 Å². The maximum absolute atomic E-state index is 11.6. The van der Waals surface area contributed by atoms with Crippen LogP contribution in [-0.2, 0) is 12.8 Å². The van der Waals surface area contributed by atoms with Gasteiger partial charge in [0.2, 0.25) is 5.91 Å². The van der Waals surface area contributed by atoms with Crippen molar-refractivity contribution in [2.24, 2.45) is 11.1 Å². The Kier molecular flexibility index (Phi) is 4.46. The Bertz CT molecular complexity index is 629. The second-order valence-corrected chi connectivity index (χ2v) is 6.47. The molecular formula is C19H23NO. The number of carbonyl (C=O) groups excluding carboxylic acids is 1. The van der Waals surface area contributed by atoms with E-state index in [0.717, 1.165) is 24.0 Å². The van der Waals surface area contributed by atoms with Gasteiger partial charge in [-0.2, -0.15) is 0 Å². The van der Waals surface area contributed by atoms with Crippen LogP contribution < -0.4 is 5.73 Å². The molecule has 0 aliphatic rings. The first-order valence-corrected chi connectivity index (χ1v) is 7.31. The van der Waals surface area contributed by atoms with Crippen LogP contribution in [0, 0.1) is 12.3 Å². The third-order valence-electron chi connectivity index (χ3n) is 3.86. The highest BCUT2D eigenvalue weighted by molar-refractivity contribution is 5.94. The van der Waals surface area contributed by atoms with E-state index >= 15 is 0 Å². The Balaban J connectivity index is 2.26. The number of hydrogen-bond acceptors (Lipinski definition) is 1. The summed E-state index contributed by atoms with van der Waals surface area (Å²) in [5, 5.41) is 0. The molecule has 2 heteroatoms. The van der Waals surface area contributed by atoms with Gasteiger partial charge in [-0.25, -0.2) is 0 Å². The molecule has 110 valence electrons. The predicted molar refractivity (Wildman–Crippen MR) is 87.3 cm³/mol. The minimum absolute atomic E-state index is 0.0671. The van der Waals surface area contributed by atoms with Gasteiger partial charge in [-0.3, -0.25) is 4.79 Å². The zero-order valence-corrected chi connectivity index (χ0v) is 13.0. The lowest BCUT2D eigenvalue weighted by molar-refractivity contribution is 0.0999. The number of nitrogens with two attached hydrogens (primary N) is 1. The number of rotatable bonds is 5. The van der Waals surface area contributed by atoms with Crippen LogP contribution in [0.2, 0.25) is 0 Å². The molecule has 0 aliphatic heterocycles. The lowest BCUT2D eigenvalue weighted by Gasteiger charge is -2.27. The van der Waals surface area contributed by atoms with Crippen LogP contribution >= 0.6 is 0 Å². The fraction of sp³-hybridized carbons (Fsp3) is 0.316. The van der Waals surface area contributed by atoms with Crippen LogP contribution in [0.3, 0.4) is 0 Å². The topological polar surface area (TPSA) is 43.1 Å². The number of aryl methyl sites for hydroxylation is 1. The Morgan fingerprint density at radius 1 is 1.00 bits per heavy atom. The van der Waals surface area contributed by atoms with Crippen molar-refractivity contribution in [1.29, 1.82) is 0 Å². The van der Waals surface area contributed by atoms with Gasteiger partial charge in [0.05, 0.1) is 0 Å². The van der Waals surface area contributed by atoms with Gasteiger partial charge >= 0.3 is 0 Å². The Morgan fingerprint density at radius 3 is 2.29 bits per heavy atom. The van der Waals surface area contributed by atoms with Crippen molar-refractivity contribution in [3.63, 3.8) is 0 Å². The van der Waals surface area contributed by atoms with Crippen molar-refractivity contribution in [2.45, 2.75) is 33.6 Å². The minimum atomic E-state index is -0.343. The van der Waals surface area contributed by atoms with Crippen LogP contribution in [0.1, 0.15) is 40.9 Å². The van der Waals surface area contributed by atoms with E-state index in [2.05, 4.69) is 38.1 Å². The monoisotopic (exact) mass is 281 g/mol. The molecule has 0 heterocycles. The molecule has 0 atom stereocenters. The van der Waals surface area contributed by atoms with E-state index in [0.29, 0.717) is 5.56 Å². The molecule has 0 unspecified atom stereocenters. The largest absolute Gasteiger partial charge is 0.366 e. The van der Waals surface area contributed by atoms with Gasteiger partial charge in [0.15, 0.2) is 0 Å². The number of carbonyl (C=O) groups is 1. The highest BCUT2D eigenvalue weighted by atomic mass is 16.1. The summed E-state index contributed by atoms with van der Waals surface area (Å²) in [6, 6.07) is 16.2. The first-order valence-electron chi connectivity index (χ1n) is 7.31. The zero-order valence-electron chi connectivity index (χ0n) is 13.0. The van der Waals surface area contributed by atoms with Crippen LogP contribution in [0.25, 0.3) is 0 Å². The van der Waals surface area contributed by atoms with Crippen molar-refractivity contribution >= 4 is 5.91 Å². The van der Waals surface area contributed by atoms with Crippen LogP contribution in [0.4, 0.5) is 0 Å². The van der Waals surface area contributed by atoms with Gasteiger partial charge in [0.1, 0.15) is 0 Å². The fourth-order valence-corrected chi connectivity index (χ4v) is 2.86. The third-order valence-corrected chi connectivity index (χ3v) is 3.86. The number of benzene rings is 2. The summed E-state index contributed by atoms with van der Waals surface area (Å²) in [5.41, 5.74) is 9.76. The summed E-state index contributed by atoms with van der Waals surface area (Å²) in [6.07, 6.45) is 1.81. The first kappa shape index (κ1) is 15.3. The maximum atomic E-state index is 11.6. The van der Waals surface area contributed by atoms with E-state index in [1.165, 1.54) is 5.56 Å². The molecule has 0 aromatic heterocycles. The lowest BCUT2D eigenvalue weighted by Crippen LogP contribution is -2.22. The van der Waals surface area contributed by atoms with Gasteiger partial charge in [-0.15, -0.1) is 0 Å². The smallest absolute Gasteiger partial charge is 0.248 e. The highest BCUT2D eigenvalue weighted by Crippen LogP contribution is 2.29. The molecule has 0 fully saturated rings. The number of hydrogen-bond donors (Lipinski definition) is 1. The molecule has 2 N–H and O–H groups in total. The van der Waals surface area contributed by atoms with E-state index in [9.17, 15) is 4.79 Å². The van der Waals surface area contributed by atoms with Gasteiger partial charge in [-0.05, 0) is 47.9 Å². The first-order chi connectivity index (χ1) is 9.89. The van der Waals surface area contributed by atoms with Gasteiger partial charge in [0, 0.05) is 5.56 Å². The normalized spacial score (nSPS) is 11.4. The zero-order chi connectivity index (χ0) is 15.5. The van der Waals surface area contributed by atoms with Crippen LogP contribution in [0.5, 0.6) is 0 Å². The molecule has 0 saturated heterocycles. The summed E-state index contributed by atoms with van der Waals surface area (Å²) in [6.45, 7) is 6.51. The summed E-state index contributed by atoms with van der Waals surface area (Å²) < 4.78 is 0. The van der Waals surface area contributed by atoms with Crippen LogP contribution in [0.15, 0.2) is 48.5 Å². The summed E-state index contributed by atoms with van der Waals surface area (Å²) in [7, 11) is 0. The molecule has 0 spiro atoms. The van der Waals surface area contributed by atoms with E-state index in [4.69, 9.17) is 5.73 Å². The van der Waals surface area contributed by atoms with Crippen molar-refractivity contribution < 1.29 is 4.79 Å². The van der Waals surface area contributed by atoms with Crippen LogP contribution in [-0.4, -0.2) is 5.91 Å². The quantitative estimate of drug-likeness (QED) is 0.887. The molecule has 0 bridgehead atoms. The molecule has 2 nitrogen and oxygen atoms in total. The lowest BCUT2D eigenvalue weighted by atomic mass is 9.78. The second-order valence-electron chi connectivity index (χ2n) is 6.47. The molecule has 2 aromatic rings. The molecule has 0 radical (unpaired) electrons. The average Bonchev–Trinajstić information content (AvgIpc) is 2.41. The molecule has 0 saturated carbocycles. The standard InChI is InChI=1S/C19H23NO/c1-14-8-7-11-16(18(20)21)17(14)13-19(2,3)12-15-9-5-4-6-10-15/h4-11H,12-13H2,1-3H3,(H2,20,21). The number of primary amides is 1. The molecule has 21 heavy (non-hydrogen) atoms. The summed E-state index contributed by atoms with van der Waals surface area (Å²) in [4.78, 5) is 11.6. The second kappa shape index (κ2) is 6.13. The van der Waals surface area contributed by atoms with Crippen molar-refractivity contribution in [3.8, 4) is 0 Å². The summed E-state index contributed by atoms with van der Waals surface area (Å²) in [5.74, 6) is -0.343. The number of amides is 1. The van der Waals surface area contributed by atoms with Gasteiger partial charge in [0.25, 0.3) is 0 Å². The minimum Gasteiger partial charge on any atom is -0.366 e. The average molecular weight is 281 g/mol. The molecule has 2 aromatic carbocycles. The van der Waals surface area contributed by atoms with E-state index in [1.54, 1.807) is 0 Å². The van der Waals surface area contributed by atoms with Crippen molar-refractivity contribution in [2.75, 3.05) is 0 Å². The van der Waals surface area contributed by atoms with Crippen molar-refractivity contribution in [1.82, 2.24) is 0 Å². The fourth-order valence-electron chi connectivity index (χ4n) is 2.86. The Hall–Kier alpha value is -2.09. The molecule has 2 rings (SSSR count). The Labute approximate surface area is 127 Å². The molecule has 1 amide bonds. The van der Waals surface area contributed by atoms with E-state index < -0.39 is 0 Å². The predicted octanol–water partition coefficient (Wildman–Crippen LogP) is 3.91. The maximum Gasteiger partial charge on any atom is 0.248 e. The van der Waals surface area contributed by atoms with E-state index in [-0.39, 0.29) is 11.3 Å². The van der Waals surface area contributed by atoms with Gasteiger partial charge < -0.3 is 5.73 Å². The van der Waals surface area contributed by atoms with E-state index in [1.807, 2.05) is 31.2 Å². The molecule has 0 aliphatic carbocycles. The highest BCUT2D eigenvalue weighted by Gasteiger charge is 2.22. The Morgan fingerprint density at radius 2 is 1.67 bits per heavy atom.